The van der Waals surface area contributed by atoms with Crippen LogP contribution >= 0.6 is 0 Å². The highest BCUT2D eigenvalue weighted by molar-refractivity contribution is 5.72. The summed E-state index contributed by atoms with van der Waals surface area (Å²) in [4.78, 5) is 37.3. The van der Waals surface area contributed by atoms with Gasteiger partial charge in [-0.05, 0) is 57.8 Å². The van der Waals surface area contributed by atoms with Crippen LogP contribution < -0.4 is 0 Å². The molecule has 2 atom stereocenters. The number of aliphatic carboxylic acids is 1. The van der Waals surface area contributed by atoms with Gasteiger partial charge in [0.2, 0.25) is 0 Å². The van der Waals surface area contributed by atoms with Crippen LogP contribution in [0.15, 0.2) is 60.8 Å². The van der Waals surface area contributed by atoms with Gasteiger partial charge in [0.25, 0.3) is 0 Å². The van der Waals surface area contributed by atoms with Crippen molar-refractivity contribution >= 4 is 17.9 Å². The minimum Gasteiger partial charge on any atom is -0.477 e. The maximum atomic E-state index is 12.8. The van der Waals surface area contributed by atoms with Crippen LogP contribution in [0, 0.1) is 0 Å². The zero-order valence-corrected chi connectivity index (χ0v) is 46.5. The van der Waals surface area contributed by atoms with Gasteiger partial charge in [0.05, 0.1) is 34.4 Å². The van der Waals surface area contributed by atoms with E-state index in [0.29, 0.717) is 19.3 Å². The summed E-state index contributed by atoms with van der Waals surface area (Å²) in [5.41, 5.74) is 0. The molecule has 0 aliphatic rings. The van der Waals surface area contributed by atoms with Crippen LogP contribution in [0.2, 0.25) is 0 Å². The Bertz CT molecular complexity index is 1330. The molecule has 0 aromatic rings. The Morgan fingerprint density at radius 2 is 0.800 bits per heavy atom. The monoisotopic (exact) mass is 983 g/mol. The molecular formula is C62H112NO7+. The molecule has 8 heteroatoms. The van der Waals surface area contributed by atoms with Crippen molar-refractivity contribution in [1.29, 1.82) is 0 Å². The fourth-order valence-corrected chi connectivity index (χ4v) is 8.71. The summed E-state index contributed by atoms with van der Waals surface area (Å²) in [6, 6.07) is -0.619. The summed E-state index contributed by atoms with van der Waals surface area (Å²) in [5, 5.41) is 9.68. The largest absolute Gasteiger partial charge is 0.477 e. The van der Waals surface area contributed by atoms with Crippen LogP contribution in [0.4, 0.5) is 0 Å². The highest BCUT2D eigenvalue weighted by Gasteiger charge is 2.31. The lowest BCUT2D eigenvalue weighted by atomic mass is 10.0. The van der Waals surface area contributed by atoms with Crippen molar-refractivity contribution in [3.63, 3.8) is 0 Å². The predicted molar refractivity (Wildman–Crippen MR) is 298 cm³/mol. The Hall–Kier alpha value is -2.97. The number of hydrogen-bond acceptors (Lipinski definition) is 6. The number of carboxylic acid groups (broad SMARTS) is 1. The van der Waals surface area contributed by atoms with Crippen LogP contribution in [0.25, 0.3) is 0 Å². The Kier molecular flexibility index (Phi) is 50.1. The minimum absolute atomic E-state index is 0.0543. The van der Waals surface area contributed by atoms with E-state index in [1.165, 1.54) is 148 Å². The smallest absolute Gasteiger partial charge is 0.362 e. The number of carbonyl (C=O) groups excluding carboxylic acids is 2. The second-order valence-electron chi connectivity index (χ2n) is 20.9. The fraction of sp³-hybridized carbons (Fsp3) is 0.790. The Morgan fingerprint density at radius 1 is 0.443 bits per heavy atom. The van der Waals surface area contributed by atoms with Crippen LogP contribution in [-0.2, 0) is 28.6 Å². The molecule has 0 bridgehead atoms. The lowest BCUT2D eigenvalue weighted by Gasteiger charge is -2.31. The van der Waals surface area contributed by atoms with E-state index in [1.807, 2.05) is 21.1 Å². The number of hydrogen-bond donors (Lipinski definition) is 1. The summed E-state index contributed by atoms with van der Waals surface area (Å²) >= 11 is 0. The van der Waals surface area contributed by atoms with Gasteiger partial charge in [-0.3, -0.25) is 9.59 Å². The van der Waals surface area contributed by atoms with E-state index in [2.05, 4.69) is 74.6 Å². The normalized spacial score (nSPS) is 13.2. The molecule has 2 unspecified atom stereocenters. The summed E-state index contributed by atoms with van der Waals surface area (Å²) in [6.07, 6.45) is 67.1. The van der Waals surface area contributed by atoms with Crippen LogP contribution in [0.3, 0.4) is 0 Å². The maximum Gasteiger partial charge on any atom is 0.362 e. The first-order chi connectivity index (χ1) is 34.1. The number of rotatable bonds is 53. The molecule has 8 nitrogen and oxygen atoms in total. The summed E-state index contributed by atoms with van der Waals surface area (Å²) in [5.74, 6) is -1.47. The molecule has 1 N–H and O–H groups in total. The third-order valence-corrected chi connectivity index (χ3v) is 13.2. The van der Waals surface area contributed by atoms with Gasteiger partial charge in [-0.1, -0.05) is 248 Å². The molecule has 406 valence electrons. The molecule has 0 aromatic heterocycles. The van der Waals surface area contributed by atoms with Crippen molar-refractivity contribution in [2.75, 3.05) is 41.0 Å². The number of carbonyl (C=O) groups is 3. The first-order valence-corrected chi connectivity index (χ1v) is 29.3. The quantitative estimate of drug-likeness (QED) is 0.0280. The number of ether oxygens (including phenoxy) is 3. The molecule has 0 aromatic carbocycles. The van der Waals surface area contributed by atoms with Gasteiger partial charge in [0.15, 0.2) is 12.1 Å². The van der Waals surface area contributed by atoms with E-state index in [-0.39, 0.29) is 36.2 Å². The highest BCUT2D eigenvalue weighted by Crippen LogP contribution is 2.17. The molecule has 70 heavy (non-hydrogen) atoms. The maximum absolute atomic E-state index is 12.8. The second-order valence-corrected chi connectivity index (χ2v) is 20.9. The van der Waals surface area contributed by atoms with Gasteiger partial charge in [-0.15, -0.1) is 0 Å². The third-order valence-electron chi connectivity index (χ3n) is 13.2. The Balaban J connectivity index is 4.17. The van der Waals surface area contributed by atoms with Gasteiger partial charge in [0, 0.05) is 19.3 Å². The number of likely N-dealkylation sites (N-methyl/N-ethyl adjacent to an activating group) is 1. The minimum atomic E-state index is -0.875. The second kappa shape index (κ2) is 52.4. The van der Waals surface area contributed by atoms with Crippen molar-refractivity contribution < 1.29 is 38.2 Å². The van der Waals surface area contributed by atoms with Gasteiger partial charge in [-0.25, -0.2) is 4.79 Å². The SMILES string of the molecule is CC/C=C/C/C=C/C/C=C/C/C=C/C/C=C/CCCCCCCCCC(=O)OC(COCCC(C(=O)O)[N+](C)(C)C)COC(=O)CCCCCCCCCCCCCCCCCCCCCCCCC. The Labute approximate surface area is 432 Å². The van der Waals surface area contributed by atoms with E-state index in [9.17, 15) is 19.5 Å². The number of unbranched alkanes of at least 4 members (excludes halogenated alkanes) is 29. The number of carboxylic acids is 1. The van der Waals surface area contributed by atoms with Crippen LogP contribution in [-0.4, -0.2) is 80.6 Å². The fourth-order valence-electron chi connectivity index (χ4n) is 8.71. The molecule has 0 saturated carbocycles. The van der Waals surface area contributed by atoms with Gasteiger partial charge < -0.3 is 23.8 Å². The molecule has 0 radical (unpaired) electrons. The standard InChI is InChI=1S/C62H111NO7/c1-6-8-10-12-14-16-18-20-22-24-26-28-30-32-34-36-38-40-42-44-46-48-50-52-60(64)69-57-58(56-68-55-54-59(62(66)67)63(3,4)5)70-61(65)53-51-49-47-45-43-41-39-37-35-33-31-29-27-25-23-21-19-17-15-13-11-9-7-2/h9,11,15,17,21,23,27,29,33,35,58-59H,6-8,10,12-14,16,18-20,22,24-26,28,30-32,34,36-57H2,1-5H3/p+1/b11-9+,17-15+,23-21+,29-27+,35-33+. The van der Waals surface area contributed by atoms with E-state index >= 15 is 0 Å². The summed E-state index contributed by atoms with van der Waals surface area (Å²) in [6.45, 7) is 4.65. The lowest BCUT2D eigenvalue weighted by Crippen LogP contribution is -2.50. The van der Waals surface area contributed by atoms with E-state index in [0.717, 1.165) is 83.5 Å². The average molecular weight is 984 g/mol. The number of quaternary nitrogens is 1. The molecule has 0 heterocycles. The molecule has 0 rings (SSSR count). The predicted octanol–water partition coefficient (Wildman–Crippen LogP) is 17.7. The van der Waals surface area contributed by atoms with Crippen molar-refractivity contribution in [1.82, 2.24) is 0 Å². The highest BCUT2D eigenvalue weighted by atomic mass is 16.6. The number of nitrogens with zero attached hydrogens (tertiary/aromatic N) is 1. The first kappa shape index (κ1) is 67.0. The topological polar surface area (TPSA) is 99.1 Å². The van der Waals surface area contributed by atoms with Crippen LogP contribution in [0.5, 0.6) is 0 Å². The summed E-state index contributed by atoms with van der Waals surface area (Å²) < 4.78 is 17.4. The molecule has 0 spiro atoms. The number of allylic oxidation sites excluding steroid dienone is 10. The van der Waals surface area contributed by atoms with Crippen molar-refractivity contribution in [2.24, 2.45) is 0 Å². The number of esters is 2. The zero-order valence-electron chi connectivity index (χ0n) is 46.5. The molecular weight excluding hydrogens is 871 g/mol. The lowest BCUT2D eigenvalue weighted by molar-refractivity contribution is -0.887. The first-order valence-electron chi connectivity index (χ1n) is 29.3. The van der Waals surface area contributed by atoms with Crippen LogP contribution in [0.1, 0.15) is 264 Å². The molecule has 0 aliphatic carbocycles. The van der Waals surface area contributed by atoms with E-state index < -0.39 is 18.1 Å². The van der Waals surface area contributed by atoms with Crippen molar-refractivity contribution in [3.8, 4) is 0 Å². The van der Waals surface area contributed by atoms with Crippen molar-refractivity contribution in [3.05, 3.63) is 60.8 Å². The Morgan fingerprint density at radius 3 is 1.19 bits per heavy atom. The molecule has 0 amide bonds. The van der Waals surface area contributed by atoms with E-state index in [4.69, 9.17) is 14.2 Å². The van der Waals surface area contributed by atoms with E-state index in [1.54, 1.807) is 0 Å². The molecule has 0 saturated heterocycles. The summed E-state index contributed by atoms with van der Waals surface area (Å²) in [7, 11) is 5.54. The van der Waals surface area contributed by atoms with Gasteiger partial charge in [0.1, 0.15) is 6.61 Å². The molecule has 0 aliphatic heterocycles. The van der Waals surface area contributed by atoms with Crippen molar-refractivity contribution in [2.45, 2.75) is 276 Å². The van der Waals surface area contributed by atoms with Gasteiger partial charge in [-0.2, -0.15) is 0 Å². The molecule has 0 fully saturated rings. The average Bonchev–Trinajstić information content (AvgIpc) is 3.33. The third kappa shape index (κ3) is 50.0. The zero-order chi connectivity index (χ0) is 51.3. The van der Waals surface area contributed by atoms with Gasteiger partial charge >= 0.3 is 17.9 Å².